The van der Waals surface area contributed by atoms with Crippen LogP contribution in [-0.4, -0.2) is 29.9 Å². The van der Waals surface area contributed by atoms with Crippen molar-refractivity contribution >= 4 is 32.4 Å². The Balaban J connectivity index is 2.00. The largest absolute Gasteiger partial charge is 0.309 e. The molecule has 1 N–H and O–H groups in total. The minimum atomic E-state index is -2.95. The lowest BCUT2D eigenvalue weighted by Gasteiger charge is -2.09. The average Bonchev–Trinajstić information content (AvgIpc) is 3.07. The third-order valence-corrected chi connectivity index (χ3v) is 6.30. The molecule has 0 radical (unpaired) electrons. The lowest BCUT2D eigenvalue weighted by molar-refractivity contribution is 0.601. The second-order valence-corrected chi connectivity index (χ2v) is 8.33. The summed E-state index contributed by atoms with van der Waals surface area (Å²) in [4.78, 5) is 19.1. The van der Waals surface area contributed by atoms with Gasteiger partial charge in [-0.25, -0.2) is 13.4 Å². The molecule has 3 rings (SSSR count). The van der Waals surface area contributed by atoms with E-state index in [2.05, 4.69) is 9.97 Å². The number of aromatic nitrogens is 2. The predicted molar refractivity (Wildman–Crippen MR) is 75.6 cm³/mol. The van der Waals surface area contributed by atoms with Crippen molar-refractivity contribution in [2.24, 2.45) is 0 Å². The van der Waals surface area contributed by atoms with E-state index in [1.165, 1.54) is 0 Å². The summed E-state index contributed by atoms with van der Waals surface area (Å²) in [5.41, 5.74) is 0.727. The second-order valence-electron chi connectivity index (χ2n) is 5.02. The number of sulfone groups is 1. The van der Waals surface area contributed by atoms with E-state index >= 15 is 0 Å². The highest BCUT2D eigenvalue weighted by atomic mass is 127. The SMILES string of the molecule is O=c1[nH]c(C2CCS(=O)(=O)C2)nc(C2CC2)c1I. The van der Waals surface area contributed by atoms with Crippen molar-refractivity contribution in [3.8, 4) is 0 Å². The fraction of sp³-hybridized carbons (Fsp3) is 0.636. The molecule has 1 unspecified atom stereocenters. The monoisotopic (exact) mass is 380 g/mol. The molecule has 1 atom stereocenters. The first-order valence-electron chi connectivity index (χ1n) is 5.96. The van der Waals surface area contributed by atoms with Gasteiger partial charge in [0.1, 0.15) is 5.82 Å². The fourth-order valence-electron chi connectivity index (χ4n) is 2.33. The molecular formula is C11H13IN2O3S. The van der Waals surface area contributed by atoms with Crippen molar-refractivity contribution in [2.45, 2.75) is 31.1 Å². The molecule has 1 aliphatic carbocycles. The number of nitrogens with zero attached hydrogens (tertiary/aromatic N) is 1. The first kappa shape index (κ1) is 12.6. The molecule has 2 aliphatic rings. The van der Waals surface area contributed by atoms with E-state index < -0.39 is 9.84 Å². The number of H-pyrrole nitrogens is 1. The summed E-state index contributed by atoms with van der Waals surface area (Å²) in [6.45, 7) is 0. The van der Waals surface area contributed by atoms with Crippen molar-refractivity contribution < 1.29 is 8.42 Å². The van der Waals surface area contributed by atoms with Gasteiger partial charge in [-0.3, -0.25) is 4.79 Å². The molecule has 1 aromatic heterocycles. The van der Waals surface area contributed by atoms with E-state index in [0.29, 0.717) is 21.7 Å². The Morgan fingerprint density at radius 1 is 1.22 bits per heavy atom. The first-order valence-corrected chi connectivity index (χ1v) is 8.86. The van der Waals surface area contributed by atoms with Crippen LogP contribution in [0.5, 0.6) is 0 Å². The molecule has 18 heavy (non-hydrogen) atoms. The number of aromatic amines is 1. The topological polar surface area (TPSA) is 79.9 Å². The Labute approximate surface area is 118 Å². The molecule has 5 nitrogen and oxygen atoms in total. The number of halogens is 1. The average molecular weight is 380 g/mol. The Bertz CT molecular complexity index is 649. The van der Waals surface area contributed by atoms with Gasteiger partial charge in [0.2, 0.25) is 0 Å². The van der Waals surface area contributed by atoms with Crippen molar-refractivity contribution in [1.29, 1.82) is 0 Å². The Kier molecular flexibility index (Phi) is 3.00. The number of hydrogen-bond acceptors (Lipinski definition) is 4. The highest BCUT2D eigenvalue weighted by Gasteiger charge is 2.33. The maximum Gasteiger partial charge on any atom is 0.264 e. The summed E-state index contributed by atoms with van der Waals surface area (Å²) in [6, 6.07) is 0. The molecule has 98 valence electrons. The van der Waals surface area contributed by atoms with Gasteiger partial charge < -0.3 is 4.98 Å². The van der Waals surface area contributed by atoms with Crippen LogP contribution in [0.2, 0.25) is 0 Å². The molecule has 7 heteroatoms. The molecule has 1 saturated carbocycles. The quantitative estimate of drug-likeness (QED) is 0.781. The standard InChI is InChI=1S/C11H13IN2O3S/c12-8-9(6-1-2-6)13-10(14-11(8)15)7-3-4-18(16,17)5-7/h6-7H,1-5H2,(H,13,14,15). The summed E-state index contributed by atoms with van der Waals surface area (Å²) in [5.74, 6) is 1.13. The highest BCUT2D eigenvalue weighted by Crippen LogP contribution is 2.40. The lowest BCUT2D eigenvalue weighted by Crippen LogP contribution is -2.20. The summed E-state index contributed by atoms with van der Waals surface area (Å²) in [7, 11) is -2.95. The smallest absolute Gasteiger partial charge is 0.264 e. The van der Waals surface area contributed by atoms with Crippen molar-refractivity contribution in [2.75, 3.05) is 11.5 Å². The molecule has 0 aromatic carbocycles. The molecule has 0 spiro atoms. The molecular weight excluding hydrogens is 367 g/mol. The van der Waals surface area contributed by atoms with Crippen LogP contribution in [0, 0.1) is 3.57 Å². The van der Waals surface area contributed by atoms with E-state index in [1.807, 2.05) is 22.6 Å². The summed E-state index contributed by atoms with van der Waals surface area (Å²) < 4.78 is 23.6. The van der Waals surface area contributed by atoms with Gasteiger partial charge in [0, 0.05) is 11.8 Å². The zero-order chi connectivity index (χ0) is 12.9. The third-order valence-electron chi connectivity index (χ3n) is 3.49. The highest BCUT2D eigenvalue weighted by molar-refractivity contribution is 14.1. The van der Waals surface area contributed by atoms with Gasteiger partial charge in [-0.15, -0.1) is 0 Å². The normalized spacial score (nSPS) is 26.4. The number of rotatable bonds is 2. The maximum atomic E-state index is 11.9. The Morgan fingerprint density at radius 3 is 2.50 bits per heavy atom. The minimum Gasteiger partial charge on any atom is -0.309 e. The maximum absolute atomic E-state index is 11.9. The van der Waals surface area contributed by atoms with Gasteiger partial charge in [-0.2, -0.15) is 0 Å². The Morgan fingerprint density at radius 2 is 1.94 bits per heavy atom. The van der Waals surface area contributed by atoms with Crippen molar-refractivity contribution in [1.82, 2.24) is 9.97 Å². The molecule has 0 bridgehead atoms. The van der Waals surface area contributed by atoms with Crippen molar-refractivity contribution in [3.05, 3.63) is 25.4 Å². The van der Waals surface area contributed by atoms with Crippen molar-refractivity contribution in [3.63, 3.8) is 0 Å². The van der Waals surface area contributed by atoms with E-state index in [1.54, 1.807) is 0 Å². The molecule has 2 heterocycles. The van der Waals surface area contributed by atoms with Crippen LogP contribution >= 0.6 is 22.6 Å². The van der Waals surface area contributed by atoms with Crippen LogP contribution in [0.1, 0.15) is 42.6 Å². The van der Waals surface area contributed by atoms with Crippen LogP contribution in [-0.2, 0) is 9.84 Å². The van der Waals surface area contributed by atoms with Gasteiger partial charge >= 0.3 is 0 Å². The first-order chi connectivity index (χ1) is 8.46. The molecule has 1 aromatic rings. The van der Waals surface area contributed by atoms with Crippen LogP contribution in [0.4, 0.5) is 0 Å². The summed E-state index contributed by atoms with van der Waals surface area (Å²) in [5, 5.41) is 0. The summed E-state index contributed by atoms with van der Waals surface area (Å²) in [6.07, 6.45) is 2.72. The van der Waals surface area contributed by atoms with Crippen LogP contribution in [0.3, 0.4) is 0 Å². The molecule has 2 fully saturated rings. The predicted octanol–water partition coefficient (Wildman–Crippen LogP) is 1.15. The lowest BCUT2D eigenvalue weighted by atomic mass is 10.1. The van der Waals surface area contributed by atoms with Crippen LogP contribution in [0.15, 0.2) is 4.79 Å². The Hall–Kier alpha value is -0.440. The van der Waals surface area contributed by atoms with Gasteiger partial charge in [-0.05, 0) is 41.9 Å². The van der Waals surface area contributed by atoms with Gasteiger partial charge in [0.25, 0.3) is 5.56 Å². The zero-order valence-corrected chi connectivity index (χ0v) is 12.6. The second kappa shape index (κ2) is 4.29. The van der Waals surface area contributed by atoms with E-state index in [-0.39, 0.29) is 23.0 Å². The van der Waals surface area contributed by atoms with E-state index in [4.69, 9.17) is 0 Å². The minimum absolute atomic E-state index is 0.112. The van der Waals surface area contributed by atoms with Gasteiger partial charge in [0.15, 0.2) is 9.84 Å². The molecule has 1 saturated heterocycles. The van der Waals surface area contributed by atoms with E-state index in [0.717, 1.165) is 18.5 Å². The van der Waals surface area contributed by atoms with Crippen LogP contribution in [0.25, 0.3) is 0 Å². The molecule has 0 amide bonds. The third kappa shape index (κ3) is 2.34. The fourth-order valence-corrected chi connectivity index (χ4v) is 4.77. The number of hydrogen-bond donors (Lipinski definition) is 1. The molecule has 1 aliphatic heterocycles. The van der Waals surface area contributed by atoms with Crippen LogP contribution < -0.4 is 5.56 Å². The number of nitrogens with one attached hydrogen (secondary N) is 1. The summed E-state index contributed by atoms with van der Waals surface area (Å²) >= 11 is 2.02. The van der Waals surface area contributed by atoms with Gasteiger partial charge in [0.05, 0.1) is 20.8 Å². The van der Waals surface area contributed by atoms with Gasteiger partial charge in [-0.1, -0.05) is 0 Å². The van der Waals surface area contributed by atoms with E-state index in [9.17, 15) is 13.2 Å². The zero-order valence-electron chi connectivity index (χ0n) is 9.65.